The molecule has 3 aromatic rings. The van der Waals surface area contributed by atoms with Crippen LogP contribution in [-0.2, 0) is 20.7 Å². The molecule has 0 saturated carbocycles. The Kier molecular flexibility index (Phi) is 11.9. The van der Waals surface area contributed by atoms with Crippen molar-refractivity contribution in [2.45, 2.75) is 19.8 Å². The number of hydrogen-bond acceptors (Lipinski definition) is 7. The van der Waals surface area contributed by atoms with Gasteiger partial charge in [-0.15, -0.1) is 0 Å². The molecular formula is C30H36N6O5. The lowest BCUT2D eigenvalue weighted by Crippen LogP contribution is -2.22. The average molecular weight is 561 g/mol. The molecule has 0 radical (unpaired) electrons. The summed E-state index contributed by atoms with van der Waals surface area (Å²) in [6.45, 7) is 1.96. The van der Waals surface area contributed by atoms with E-state index in [4.69, 9.17) is 22.3 Å². The Bertz CT molecular complexity index is 1450. The highest BCUT2D eigenvalue weighted by Gasteiger charge is 2.11. The van der Waals surface area contributed by atoms with E-state index in [-0.39, 0.29) is 24.3 Å². The van der Waals surface area contributed by atoms with Crippen LogP contribution in [0.4, 0.5) is 22.7 Å². The summed E-state index contributed by atoms with van der Waals surface area (Å²) in [6, 6.07) is 17.7. The van der Waals surface area contributed by atoms with Crippen molar-refractivity contribution in [2.24, 2.45) is 16.5 Å². The van der Waals surface area contributed by atoms with Gasteiger partial charge in [0.25, 0.3) is 5.91 Å². The number of carbonyl (C=O) groups is 3. The first-order valence-corrected chi connectivity index (χ1v) is 12.5. The van der Waals surface area contributed by atoms with Crippen LogP contribution in [0, 0.1) is 6.92 Å². The molecular weight excluding hydrogens is 524 g/mol. The van der Waals surface area contributed by atoms with E-state index in [1.807, 2.05) is 56.3 Å². The predicted molar refractivity (Wildman–Crippen MR) is 163 cm³/mol. The highest BCUT2D eigenvalue weighted by atomic mass is 16.5. The Labute approximate surface area is 239 Å². The first kappa shape index (κ1) is 31.9. The molecule has 11 heteroatoms. The normalized spacial score (nSPS) is 10.2. The van der Waals surface area contributed by atoms with E-state index >= 15 is 0 Å². The van der Waals surface area contributed by atoms with Crippen molar-refractivity contribution in [3.05, 3.63) is 89.0 Å². The third kappa shape index (κ3) is 10.8. The molecule has 0 aliphatic carbocycles. The number of carboxylic acid groups (broad SMARTS) is 1. The van der Waals surface area contributed by atoms with Gasteiger partial charge in [-0.2, -0.15) is 0 Å². The molecule has 8 N–H and O–H groups in total. The third-order valence-electron chi connectivity index (χ3n) is 5.64. The molecule has 41 heavy (non-hydrogen) atoms. The number of aliphatic carboxylic acids is 1. The van der Waals surface area contributed by atoms with E-state index in [2.05, 4.69) is 15.0 Å². The summed E-state index contributed by atoms with van der Waals surface area (Å²) in [5.41, 5.74) is 22.3. The highest BCUT2D eigenvalue weighted by molar-refractivity contribution is 6.05. The monoisotopic (exact) mass is 560 g/mol. The Morgan fingerprint density at radius 1 is 1.05 bits per heavy atom. The van der Waals surface area contributed by atoms with Crippen molar-refractivity contribution < 1.29 is 24.2 Å². The van der Waals surface area contributed by atoms with Crippen LogP contribution in [0.15, 0.2) is 71.7 Å². The number of carboxylic acids is 1. The number of aryl methyl sites for hydroxylation is 2. The number of aliphatic imine (C=N–C) groups is 1. The van der Waals surface area contributed by atoms with Crippen LogP contribution in [-0.4, -0.2) is 50.1 Å². The number of hydrogen-bond donors (Lipinski definition) is 5. The first-order chi connectivity index (χ1) is 19.4. The molecule has 0 atom stereocenters. The van der Waals surface area contributed by atoms with Gasteiger partial charge in [-0.3, -0.25) is 9.59 Å². The van der Waals surface area contributed by atoms with Crippen LogP contribution in [0.1, 0.15) is 33.5 Å². The zero-order chi connectivity index (χ0) is 30.5. The van der Waals surface area contributed by atoms with Gasteiger partial charge in [-0.1, -0.05) is 24.3 Å². The summed E-state index contributed by atoms with van der Waals surface area (Å²) in [5.74, 6) is -1.62. The molecule has 3 aromatic carbocycles. The van der Waals surface area contributed by atoms with Crippen molar-refractivity contribution >= 4 is 52.6 Å². The number of benzene rings is 3. The number of nitrogens with two attached hydrogens (primary N) is 3. The summed E-state index contributed by atoms with van der Waals surface area (Å²) < 4.78 is 4.47. The molecule has 0 heterocycles. The zero-order valence-electron chi connectivity index (χ0n) is 23.5. The van der Waals surface area contributed by atoms with E-state index in [9.17, 15) is 14.4 Å². The minimum absolute atomic E-state index is 0.0458. The molecule has 0 bridgehead atoms. The van der Waals surface area contributed by atoms with E-state index in [1.54, 1.807) is 36.4 Å². The summed E-state index contributed by atoms with van der Waals surface area (Å²) in [5, 5.41) is 11.7. The second-order valence-electron chi connectivity index (χ2n) is 9.16. The zero-order valence-corrected chi connectivity index (χ0v) is 23.5. The Morgan fingerprint density at radius 2 is 1.78 bits per heavy atom. The number of nitrogen functional groups attached to an aromatic ring is 1. The van der Waals surface area contributed by atoms with Gasteiger partial charge in [0, 0.05) is 49.2 Å². The van der Waals surface area contributed by atoms with Gasteiger partial charge in [0.15, 0.2) is 5.96 Å². The van der Waals surface area contributed by atoms with Crippen LogP contribution in [0.5, 0.6) is 0 Å². The summed E-state index contributed by atoms with van der Waals surface area (Å²) in [7, 11) is 5.07. The SMILES string of the molecule is CN(C)c1cc(NC(=O)c2cccc(N=C(N)N)c2)ccc1CCC(=O)O.COC(=O)/C=C/c1ccc(C)cc1N. The molecule has 0 fully saturated rings. The van der Waals surface area contributed by atoms with Crippen molar-refractivity contribution in [2.75, 3.05) is 37.2 Å². The number of anilines is 3. The van der Waals surface area contributed by atoms with Gasteiger partial charge >= 0.3 is 11.9 Å². The van der Waals surface area contributed by atoms with E-state index in [1.165, 1.54) is 13.2 Å². The van der Waals surface area contributed by atoms with Crippen LogP contribution < -0.4 is 27.4 Å². The minimum Gasteiger partial charge on any atom is -0.481 e. The quantitative estimate of drug-likeness (QED) is 0.0855. The molecule has 3 rings (SSSR count). The number of esters is 1. The topological polar surface area (TPSA) is 186 Å². The van der Waals surface area contributed by atoms with Gasteiger partial charge in [0.2, 0.25) is 0 Å². The van der Waals surface area contributed by atoms with E-state index < -0.39 is 5.97 Å². The third-order valence-corrected chi connectivity index (χ3v) is 5.64. The lowest BCUT2D eigenvalue weighted by atomic mass is 10.1. The number of rotatable bonds is 9. The van der Waals surface area contributed by atoms with Crippen LogP contribution in [0.2, 0.25) is 0 Å². The second kappa shape index (κ2) is 15.3. The molecule has 1 amide bonds. The molecule has 0 aliphatic heterocycles. The smallest absolute Gasteiger partial charge is 0.330 e. The van der Waals surface area contributed by atoms with Gasteiger partial charge in [0.1, 0.15) is 0 Å². The molecule has 0 aromatic heterocycles. The molecule has 216 valence electrons. The molecule has 0 aliphatic rings. The lowest BCUT2D eigenvalue weighted by molar-refractivity contribution is -0.137. The molecule has 0 saturated heterocycles. The number of nitrogens with one attached hydrogen (secondary N) is 1. The number of methoxy groups -OCH3 is 1. The Hall–Kier alpha value is -5.32. The number of carbonyl (C=O) groups excluding carboxylic acids is 2. The maximum Gasteiger partial charge on any atom is 0.330 e. The molecule has 11 nitrogen and oxygen atoms in total. The van der Waals surface area contributed by atoms with E-state index in [0.717, 1.165) is 22.4 Å². The fourth-order valence-corrected chi connectivity index (χ4v) is 3.65. The summed E-state index contributed by atoms with van der Waals surface area (Å²) in [4.78, 5) is 40.0. The van der Waals surface area contributed by atoms with Crippen molar-refractivity contribution in [1.29, 1.82) is 0 Å². The summed E-state index contributed by atoms with van der Waals surface area (Å²) >= 11 is 0. The Balaban J connectivity index is 0.000000353. The molecule has 0 unspecified atom stereocenters. The lowest BCUT2D eigenvalue weighted by Gasteiger charge is -2.19. The maximum absolute atomic E-state index is 12.5. The molecule has 0 spiro atoms. The van der Waals surface area contributed by atoms with Gasteiger partial charge in [-0.25, -0.2) is 9.79 Å². The number of ether oxygens (including phenoxy) is 1. The average Bonchev–Trinajstić information content (AvgIpc) is 2.91. The van der Waals surface area contributed by atoms with Crippen LogP contribution in [0.3, 0.4) is 0 Å². The van der Waals surface area contributed by atoms with Gasteiger partial charge in [-0.05, 0) is 72.5 Å². The second-order valence-corrected chi connectivity index (χ2v) is 9.16. The fourth-order valence-electron chi connectivity index (χ4n) is 3.65. The maximum atomic E-state index is 12.5. The highest BCUT2D eigenvalue weighted by Crippen LogP contribution is 2.25. The van der Waals surface area contributed by atoms with Crippen LogP contribution in [0.25, 0.3) is 6.08 Å². The standard InChI is InChI=1S/C19H23N5O3.C11H13NO2/c1-24(2)16-11-15(8-6-12(16)7-9-17(25)26)22-18(27)13-4-3-5-14(10-13)23-19(20)21;1-8-3-4-9(10(12)7-8)5-6-11(13)14-2/h3-6,8,10-11H,7,9H2,1-2H3,(H,22,27)(H,25,26)(H4,20,21,23);3-7H,12H2,1-2H3/b;6-5+. The summed E-state index contributed by atoms with van der Waals surface area (Å²) in [6.07, 6.45) is 3.45. The Morgan fingerprint density at radius 3 is 2.39 bits per heavy atom. The van der Waals surface area contributed by atoms with Crippen molar-refractivity contribution in [3.8, 4) is 0 Å². The van der Waals surface area contributed by atoms with Crippen LogP contribution >= 0.6 is 0 Å². The van der Waals surface area contributed by atoms with Gasteiger partial charge < -0.3 is 37.3 Å². The van der Waals surface area contributed by atoms with Crippen molar-refractivity contribution in [1.82, 2.24) is 0 Å². The van der Waals surface area contributed by atoms with Gasteiger partial charge in [0.05, 0.1) is 12.8 Å². The number of amides is 1. The van der Waals surface area contributed by atoms with Crippen molar-refractivity contribution in [3.63, 3.8) is 0 Å². The predicted octanol–water partition coefficient (Wildman–Crippen LogP) is 3.69. The first-order valence-electron chi connectivity index (χ1n) is 12.5. The number of guanidine groups is 1. The fraction of sp³-hybridized carbons (Fsp3) is 0.200. The van der Waals surface area contributed by atoms with E-state index in [0.29, 0.717) is 29.0 Å². The minimum atomic E-state index is -0.849. The largest absolute Gasteiger partial charge is 0.481 e. The number of nitrogens with zero attached hydrogens (tertiary/aromatic N) is 2.